The molecular weight excluding hydrogens is 241 g/mol. The van der Waals surface area contributed by atoms with E-state index in [1.54, 1.807) is 6.07 Å². The molecule has 0 radical (unpaired) electrons. The Kier molecular flexibility index (Phi) is 2.91. The monoisotopic (exact) mass is 259 g/mol. The molecule has 0 aromatic heterocycles. The molecule has 100 valence electrons. The number of carbonyl (C=O) groups excluding carboxylic acids is 1. The van der Waals surface area contributed by atoms with Gasteiger partial charge in [0.1, 0.15) is 0 Å². The number of hydrogen-bond donors (Lipinski definition) is 3. The predicted octanol–water partition coefficient (Wildman–Crippen LogP) is -0.151. The summed E-state index contributed by atoms with van der Waals surface area (Å²) in [6.45, 7) is 2.20. The van der Waals surface area contributed by atoms with Gasteiger partial charge < -0.3 is 15.4 Å². The van der Waals surface area contributed by atoms with Crippen molar-refractivity contribution in [1.82, 2.24) is 5.32 Å². The van der Waals surface area contributed by atoms with E-state index in [0.717, 1.165) is 19.3 Å². The molecule has 1 aliphatic heterocycles. The lowest BCUT2D eigenvalue weighted by molar-refractivity contribution is -0.125. The van der Waals surface area contributed by atoms with Crippen LogP contribution in [0.15, 0.2) is 18.2 Å². The molecule has 2 atom stereocenters. The molecule has 2 aliphatic rings. The molecule has 1 aromatic rings. The highest BCUT2D eigenvalue weighted by Crippen LogP contribution is 2.42. The first-order valence-corrected chi connectivity index (χ1v) is 6.79. The van der Waals surface area contributed by atoms with Gasteiger partial charge in [0.25, 0.3) is 0 Å². The second-order valence-corrected chi connectivity index (χ2v) is 5.87. The standard InChI is InChI=1S/C14H18BNO3/c1-14-7-6-13(17)16-12(14)5-2-9-8-10(15(18)19)3-4-11(9)14/h3-4,8,12,18-19H,2,5-7H2,1H3,(H,16,17). The van der Waals surface area contributed by atoms with E-state index in [0.29, 0.717) is 11.9 Å². The zero-order valence-corrected chi connectivity index (χ0v) is 11.0. The number of carbonyl (C=O) groups is 1. The number of amides is 1. The van der Waals surface area contributed by atoms with Gasteiger partial charge in [0.05, 0.1) is 0 Å². The molecule has 1 heterocycles. The van der Waals surface area contributed by atoms with Crippen LogP contribution in [-0.2, 0) is 16.6 Å². The first kappa shape index (κ1) is 12.7. The van der Waals surface area contributed by atoms with Crippen molar-refractivity contribution in [3.8, 4) is 0 Å². The average molecular weight is 259 g/mol. The van der Waals surface area contributed by atoms with Crippen molar-refractivity contribution in [3.63, 3.8) is 0 Å². The number of hydrogen-bond acceptors (Lipinski definition) is 3. The van der Waals surface area contributed by atoms with Crippen LogP contribution < -0.4 is 10.8 Å². The number of nitrogens with one attached hydrogen (secondary N) is 1. The van der Waals surface area contributed by atoms with Gasteiger partial charge in [0.2, 0.25) is 5.91 Å². The zero-order valence-electron chi connectivity index (χ0n) is 11.0. The van der Waals surface area contributed by atoms with Gasteiger partial charge in [-0.25, -0.2) is 0 Å². The maximum Gasteiger partial charge on any atom is 0.488 e. The van der Waals surface area contributed by atoms with Crippen LogP contribution in [0.3, 0.4) is 0 Å². The first-order chi connectivity index (χ1) is 9.00. The van der Waals surface area contributed by atoms with Crippen LogP contribution in [-0.4, -0.2) is 29.1 Å². The Morgan fingerprint density at radius 2 is 2.16 bits per heavy atom. The Hall–Kier alpha value is -1.33. The minimum absolute atomic E-state index is 0.0273. The topological polar surface area (TPSA) is 69.6 Å². The fourth-order valence-electron chi connectivity index (χ4n) is 3.52. The Labute approximate surface area is 113 Å². The van der Waals surface area contributed by atoms with Crippen LogP contribution in [0, 0.1) is 0 Å². The summed E-state index contributed by atoms with van der Waals surface area (Å²) < 4.78 is 0. The molecule has 4 nitrogen and oxygen atoms in total. The fraction of sp³-hybridized carbons (Fsp3) is 0.500. The third kappa shape index (κ3) is 1.97. The molecular formula is C14H18BNO3. The summed E-state index contributed by atoms with van der Waals surface area (Å²) in [4.78, 5) is 11.5. The minimum Gasteiger partial charge on any atom is -0.423 e. The molecule has 1 amide bonds. The summed E-state index contributed by atoms with van der Waals surface area (Å²) in [7, 11) is -1.41. The van der Waals surface area contributed by atoms with Crippen LogP contribution in [0.1, 0.15) is 37.3 Å². The molecule has 3 rings (SSSR count). The highest BCUT2D eigenvalue weighted by Gasteiger charge is 2.44. The Morgan fingerprint density at radius 3 is 2.89 bits per heavy atom. The van der Waals surface area contributed by atoms with E-state index in [1.165, 1.54) is 11.1 Å². The summed E-state index contributed by atoms with van der Waals surface area (Å²) in [6.07, 6.45) is 3.21. The highest BCUT2D eigenvalue weighted by atomic mass is 16.4. The minimum atomic E-state index is -1.41. The first-order valence-electron chi connectivity index (χ1n) is 6.79. The molecule has 19 heavy (non-hydrogen) atoms. The van der Waals surface area contributed by atoms with Gasteiger partial charge >= 0.3 is 7.12 Å². The third-order valence-electron chi connectivity index (χ3n) is 4.72. The third-order valence-corrected chi connectivity index (χ3v) is 4.72. The number of piperidine rings is 1. The van der Waals surface area contributed by atoms with Crippen LogP contribution in [0.5, 0.6) is 0 Å². The van der Waals surface area contributed by atoms with Crippen molar-refractivity contribution in [2.75, 3.05) is 0 Å². The van der Waals surface area contributed by atoms with Crippen molar-refractivity contribution >= 4 is 18.5 Å². The number of benzene rings is 1. The van der Waals surface area contributed by atoms with E-state index in [9.17, 15) is 14.8 Å². The Bertz CT molecular complexity index is 531. The van der Waals surface area contributed by atoms with Crippen molar-refractivity contribution in [2.24, 2.45) is 0 Å². The highest BCUT2D eigenvalue weighted by molar-refractivity contribution is 6.58. The van der Waals surface area contributed by atoms with Gasteiger partial charge in [-0.2, -0.15) is 0 Å². The normalized spacial score (nSPS) is 29.2. The van der Waals surface area contributed by atoms with E-state index >= 15 is 0 Å². The number of aryl methyl sites for hydroxylation is 1. The number of fused-ring (bicyclic) bond motifs is 3. The fourth-order valence-corrected chi connectivity index (χ4v) is 3.52. The lowest BCUT2D eigenvalue weighted by Crippen LogP contribution is -2.55. The van der Waals surface area contributed by atoms with Crippen LogP contribution >= 0.6 is 0 Å². The quantitative estimate of drug-likeness (QED) is 0.614. The predicted molar refractivity (Wildman–Crippen MR) is 73.1 cm³/mol. The molecule has 1 fully saturated rings. The molecule has 5 heteroatoms. The van der Waals surface area contributed by atoms with Gasteiger partial charge in [-0.3, -0.25) is 4.79 Å². The van der Waals surface area contributed by atoms with Crippen molar-refractivity contribution in [2.45, 2.75) is 44.1 Å². The molecule has 0 saturated carbocycles. The second kappa shape index (κ2) is 4.35. The second-order valence-electron chi connectivity index (χ2n) is 5.87. The van der Waals surface area contributed by atoms with Crippen LogP contribution in [0.2, 0.25) is 0 Å². The van der Waals surface area contributed by atoms with Gasteiger partial charge in [-0.1, -0.05) is 25.1 Å². The molecule has 3 N–H and O–H groups in total. The molecule has 0 bridgehead atoms. The van der Waals surface area contributed by atoms with Crippen LogP contribution in [0.25, 0.3) is 0 Å². The van der Waals surface area contributed by atoms with Gasteiger partial charge in [0, 0.05) is 17.9 Å². The van der Waals surface area contributed by atoms with Crippen LogP contribution in [0.4, 0.5) is 0 Å². The Morgan fingerprint density at radius 1 is 1.37 bits per heavy atom. The lowest BCUT2D eigenvalue weighted by atomic mass is 9.63. The molecule has 2 unspecified atom stereocenters. The lowest BCUT2D eigenvalue weighted by Gasteiger charge is -2.46. The summed E-state index contributed by atoms with van der Waals surface area (Å²) in [5.41, 5.74) is 2.94. The molecule has 1 aliphatic carbocycles. The van der Waals surface area contributed by atoms with Crippen molar-refractivity contribution < 1.29 is 14.8 Å². The van der Waals surface area contributed by atoms with E-state index in [2.05, 4.69) is 12.2 Å². The van der Waals surface area contributed by atoms with Crippen molar-refractivity contribution in [1.29, 1.82) is 0 Å². The SMILES string of the molecule is CC12CCC(=O)NC1CCc1cc(B(O)O)ccc12. The van der Waals surface area contributed by atoms with Crippen molar-refractivity contribution in [3.05, 3.63) is 29.3 Å². The summed E-state index contributed by atoms with van der Waals surface area (Å²) in [6, 6.07) is 5.85. The maximum absolute atomic E-state index is 11.5. The summed E-state index contributed by atoms with van der Waals surface area (Å²) >= 11 is 0. The maximum atomic E-state index is 11.5. The average Bonchev–Trinajstić information content (AvgIpc) is 2.39. The summed E-state index contributed by atoms with van der Waals surface area (Å²) in [5, 5.41) is 21.6. The molecule has 1 saturated heterocycles. The molecule has 1 aromatic carbocycles. The van der Waals surface area contributed by atoms with E-state index in [1.807, 2.05) is 12.1 Å². The Balaban J connectivity index is 2.02. The van der Waals surface area contributed by atoms with E-state index < -0.39 is 7.12 Å². The van der Waals surface area contributed by atoms with E-state index in [-0.39, 0.29) is 17.4 Å². The number of rotatable bonds is 1. The van der Waals surface area contributed by atoms with Gasteiger partial charge in [0.15, 0.2) is 0 Å². The summed E-state index contributed by atoms with van der Waals surface area (Å²) in [5.74, 6) is 0.147. The largest absolute Gasteiger partial charge is 0.488 e. The van der Waals surface area contributed by atoms with Gasteiger partial charge in [-0.05, 0) is 35.9 Å². The van der Waals surface area contributed by atoms with E-state index in [4.69, 9.17) is 0 Å². The smallest absolute Gasteiger partial charge is 0.423 e. The molecule has 0 spiro atoms. The van der Waals surface area contributed by atoms with Gasteiger partial charge in [-0.15, -0.1) is 0 Å². The zero-order chi connectivity index (χ0) is 13.6.